The highest BCUT2D eigenvalue weighted by Gasteiger charge is 2.23. The minimum atomic E-state index is -0.156. The minimum Gasteiger partial charge on any atom is -0.455 e. The summed E-state index contributed by atoms with van der Waals surface area (Å²) < 4.78 is 5.95. The smallest absolute Gasteiger partial charge is 0.322 e. The van der Waals surface area contributed by atoms with Crippen molar-refractivity contribution in [1.29, 1.82) is 0 Å². The average Bonchev–Trinajstić information content (AvgIpc) is 2.79. The third-order valence-corrected chi connectivity index (χ3v) is 5.15. The van der Waals surface area contributed by atoms with Crippen LogP contribution in [-0.4, -0.2) is 27.4 Å². The zero-order valence-electron chi connectivity index (χ0n) is 16.3. The number of carbonyl (C=O) groups is 1. The Morgan fingerprint density at radius 2 is 1.87 bits per heavy atom. The Bertz CT molecular complexity index is 1210. The summed E-state index contributed by atoms with van der Waals surface area (Å²) in [6.45, 7) is 1.13. The Balaban J connectivity index is 1.34. The Morgan fingerprint density at radius 3 is 2.77 bits per heavy atom. The number of para-hydroxylation sites is 3. The Hall–Kier alpha value is -3.93. The number of benzene rings is 2. The van der Waals surface area contributed by atoms with Crippen LogP contribution in [0.15, 0.2) is 79.1 Å². The number of rotatable bonds is 3. The first-order valence-corrected chi connectivity index (χ1v) is 9.87. The van der Waals surface area contributed by atoms with Crippen LogP contribution in [0.25, 0.3) is 10.9 Å². The molecule has 2 aromatic carbocycles. The van der Waals surface area contributed by atoms with Crippen LogP contribution in [0.4, 0.5) is 10.5 Å². The van der Waals surface area contributed by atoms with Crippen molar-refractivity contribution in [2.75, 3.05) is 11.9 Å². The average molecular weight is 396 g/mol. The number of hydrogen-bond donors (Lipinski definition) is 1. The number of aromatic nitrogens is 2. The SMILES string of the molecule is O=C(Nc1ccccc1Oc1ccccc1)N1CCc2nc3ccncc3cc2C1. The second kappa shape index (κ2) is 7.83. The van der Waals surface area contributed by atoms with Crippen molar-refractivity contribution < 1.29 is 9.53 Å². The lowest BCUT2D eigenvalue weighted by Crippen LogP contribution is -2.39. The first-order chi connectivity index (χ1) is 14.8. The Morgan fingerprint density at radius 1 is 1.03 bits per heavy atom. The molecule has 2 aromatic heterocycles. The molecule has 0 saturated heterocycles. The van der Waals surface area contributed by atoms with Crippen LogP contribution in [0.3, 0.4) is 0 Å². The van der Waals surface area contributed by atoms with E-state index < -0.39 is 0 Å². The number of nitrogens with zero attached hydrogens (tertiary/aromatic N) is 3. The number of anilines is 1. The molecule has 0 aliphatic carbocycles. The van der Waals surface area contributed by atoms with E-state index in [-0.39, 0.29) is 6.03 Å². The fourth-order valence-electron chi connectivity index (χ4n) is 3.62. The number of amides is 2. The summed E-state index contributed by atoms with van der Waals surface area (Å²) in [5.74, 6) is 1.32. The van der Waals surface area contributed by atoms with Gasteiger partial charge in [-0.05, 0) is 42.0 Å². The molecule has 0 unspecified atom stereocenters. The molecule has 4 aromatic rings. The first kappa shape index (κ1) is 18.1. The van der Waals surface area contributed by atoms with E-state index in [9.17, 15) is 4.79 Å². The van der Waals surface area contributed by atoms with E-state index in [1.165, 1.54) is 0 Å². The van der Waals surface area contributed by atoms with Crippen molar-refractivity contribution in [2.45, 2.75) is 13.0 Å². The molecule has 1 aliphatic rings. The van der Waals surface area contributed by atoms with Gasteiger partial charge in [0.25, 0.3) is 0 Å². The van der Waals surface area contributed by atoms with Crippen molar-refractivity contribution in [3.05, 3.63) is 90.4 Å². The van der Waals surface area contributed by atoms with Crippen LogP contribution in [0.5, 0.6) is 11.5 Å². The van der Waals surface area contributed by atoms with Crippen molar-refractivity contribution in [3.63, 3.8) is 0 Å². The molecule has 0 radical (unpaired) electrons. The molecule has 0 saturated carbocycles. The maximum atomic E-state index is 13.0. The molecule has 1 N–H and O–H groups in total. The largest absolute Gasteiger partial charge is 0.455 e. The maximum absolute atomic E-state index is 13.0. The second-order valence-electron chi connectivity index (χ2n) is 7.18. The molecule has 6 nitrogen and oxygen atoms in total. The predicted molar refractivity (Wildman–Crippen MR) is 116 cm³/mol. The number of ether oxygens (including phenoxy) is 1. The van der Waals surface area contributed by atoms with Crippen molar-refractivity contribution in [3.8, 4) is 11.5 Å². The topological polar surface area (TPSA) is 67.3 Å². The third-order valence-electron chi connectivity index (χ3n) is 5.15. The number of hydrogen-bond acceptors (Lipinski definition) is 4. The van der Waals surface area contributed by atoms with E-state index in [0.29, 0.717) is 24.5 Å². The summed E-state index contributed by atoms with van der Waals surface area (Å²) in [5, 5.41) is 3.98. The van der Waals surface area contributed by atoms with E-state index in [0.717, 1.165) is 34.3 Å². The number of nitrogens with one attached hydrogen (secondary N) is 1. The summed E-state index contributed by atoms with van der Waals surface area (Å²) in [4.78, 5) is 23.7. The van der Waals surface area contributed by atoms with E-state index in [1.807, 2.05) is 60.7 Å². The van der Waals surface area contributed by atoms with Gasteiger partial charge in [-0.25, -0.2) is 4.79 Å². The van der Waals surface area contributed by atoms with E-state index in [4.69, 9.17) is 9.72 Å². The second-order valence-corrected chi connectivity index (χ2v) is 7.18. The normalized spacial score (nSPS) is 13.0. The van der Waals surface area contributed by atoms with Crippen LogP contribution in [-0.2, 0) is 13.0 Å². The quantitative estimate of drug-likeness (QED) is 0.528. The van der Waals surface area contributed by atoms with Crippen molar-refractivity contribution in [1.82, 2.24) is 14.9 Å². The Kier molecular flexibility index (Phi) is 4.73. The van der Waals surface area contributed by atoms with E-state index in [1.54, 1.807) is 17.3 Å². The van der Waals surface area contributed by atoms with Gasteiger partial charge in [0.05, 0.1) is 11.2 Å². The standard InChI is InChI=1S/C24H20N4O2/c29-24(27-22-8-4-5-9-23(22)30-19-6-2-1-3-7-19)28-13-11-21-18(16-28)14-17-15-25-12-10-20(17)26-21/h1-10,12,14-15H,11,13,16H2,(H,27,29). The van der Waals surface area contributed by atoms with Crippen LogP contribution >= 0.6 is 0 Å². The summed E-state index contributed by atoms with van der Waals surface area (Å²) in [5.41, 5.74) is 3.68. The molecule has 6 heteroatoms. The predicted octanol–water partition coefficient (Wildman–Crippen LogP) is 5.01. The molecule has 5 rings (SSSR count). The van der Waals surface area contributed by atoms with Gasteiger partial charge >= 0.3 is 6.03 Å². The molecule has 0 bridgehead atoms. The highest BCUT2D eigenvalue weighted by Crippen LogP contribution is 2.30. The molecule has 3 heterocycles. The maximum Gasteiger partial charge on any atom is 0.322 e. The molecular formula is C24H20N4O2. The van der Waals surface area contributed by atoms with Gasteiger partial charge in [-0.2, -0.15) is 0 Å². The van der Waals surface area contributed by atoms with Gasteiger partial charge in [0.2, 0.25) is 0 Å². The molecule has 0 spiro atoms. The van der Waals surface area contributed by atoms with Gasteiger partial charge in [-0.15, -0.1) is 0 Å². The zero-order valence-corrected chi connectivity index (χ0v) is 16.3. The van der Waals surface area contributed by atoms with Crippen LogP contribution in [0.2, 0.25) is 0 Å². The minimum absolute atomic E-state index is 0.156. The van der Waals surface area contributed by atoms with Gasteiger partial charge in [-0.3, -0.25) is 9.97 Å². The van der Waals surface area contributed by atoms with Crippen LogP contribution < -0.4 is 10.1 Å². The molecule has 148 valence electrons. The highest BCUT2D eigenvalue weighted by atomic mass is 16.5. The lowest BCUT2D eigenvalue weighted by Gasteiger charge is -2.29. The fraction of sp³-hybridized carbons (Fsp3) is 0.125. The van der Waals surface area contributed by atoms with Gasteiger partial charge in [-0.1, -0.05) is 30.3 Å². The summed E-state index contributed by atoms with van der Waals surface area (Å²) >= 11 is 0. The lowest BCUT2D eigenvalue weighted by molar-refractivity contribution is 0.206. The summed E-state index contributed by atoms with van der Waals surface area (Å²) in [6.07, 6.45) is 4.28. The van der Waals surface area contributed by atoms with E-state index in [2.05, 4.69) is 16.4 Å². The molecule has 0 atom stereocenters. The number of pyridine rings is 2. The van der Waals surface area contributed by atoms with Crippen molar-refractivity contribution in [2.24, 2.45) is 0 Å². The number of urea groups is 1. The molecule has 0 fully saturated rings. The lowest BCUT2D eigenvalue weighted by atomic mass is 10.0. The van der Waals surface area contributed by atoms with Crippen molar-refractivity contribution >= 4 is 22.6 Å². The summed E-state index contributed by atoms with van der Waals surface area (Å²) in [7, 11) is 0. The van der Waals surface area contributed by atoms with Gasteiger partial charge in [0.15, 0.2) is 5.75 Å². The molecular weight excluding hydrogens is 376 g/mol. The molecule has 2 amide bonds. The van der Waals surface area contributed by atoms with Crippen LogP contribution in [0.1, 0.15) is 11.3 Å². The highest BCUT2D eigenvalue weighted by molar-refractivity contribution is 5.91. The van der Waals surface area contributed by atoms with E-state index >= 15 is 0 Å². The number of fused-ring (bicyclic) bond motifs is 2. The first-order valence-electron chi connectivity index (χ1n) is 9.87. The third kappa shape index (κ3) is 3.67. The fourth-order valence-corrected chi connectivity index (χ4v) is 3.62. The van der Waals surface area contributed by atoms with Gasteiger partial charge in [0, 0.05) is 43.0 Å². The van der Waals surface area contributed by atoms with Crippen LogP contribution in [0, 0.1) is 0 Å². The molecule has 30 heavy (non-hydrogen) atoms. The monoisotopic (exact) mass is 396 g/mol. The summed E-state index contributed by atoms with van der Waals surface area (Å²) in [6, 6.07) is 20.8. The zero-order chi connectivity index (χ0) is 20.3. The molecule has 1 aliphatic heterocycles. The Labute approximate surface area is 174 Å². The van der Waals surface area contributed by atoms with Gasteiger partial charge < -0.3 is 15.0 Å². The van der Waals surface area contributed by atoms with Gasteiger partial charge in [0.1, 0.15) is 5.75 Å². The number of carbonyl (C=O) groups excluding carboxylic acids is 1.